The highest BCUT2D eigenvalue weighted by Crippen LogP contribution is 2.32. The molecule has 0 fully saturated rings. The Morgan fingerprint density at radius 3 is 2.90 bits per heavy atom. The van der Waals surface area contributed by atoms with Gasteiger partial charge in [-0.25, -0.2) is 9.18 Å². The number of carboxylic acids is 1. The molecule has 9 heteroatoms. The third-order valence-electron chi connectivity index (χ3n) is 2.60. The van der Waals surface area contributed by atoms with Crippen LogP contribution in [0.2, 0.25) is 0 Å². The van der Waals surface area contributed by atoms with Gasteiger partial charge in [0.2, 0.25) is 5.82 Å². The second kappa shape index (κ2) is 5.08. The maximum atomic E-state index is 13.7. The summed E-state index contributed by atoms with van der Waals surface area (Å²) in [6.07, 6.45) is 1.50. The molecule has 1 N–H and O–H groups in total. The topological polar surface area (TPSA) is 63.8 Å². The Bertz CT molecular complexity index is 862. The molecule has 0 bridgehead atoms. The van der Waals surface area contributed by atoms with Gasteiger partial charge in [0.1, 0.15) is 0 Å². The van der Waals surface area contributed by atoms with Crippen molar-refractivity contribution in [2.24, 2.45) is 0 Å². The Morgan fingerprint density at radius 2 is 2.19 bits per heavy atom. The summed E-state index contributed by atoms with van der Waals surface area (Å²) in [4.78, 5) is 15.6. The Labute approximate surface area is 128 Å². The van der Waals surface area contributed by atoms with Crippen molar-refractivity contribution in [1.29, 1.82) is 0 Å². The number of nitrogens with zero attached hydrogens (tertiary/aromatic N) is 2. The van der Waals surface area contributed by atoms with E-state index < -0.39 is 23.4 Å². The zero-order valence-corrected chi connectivity index (χ0v) is 12.4. The number of aromatic carboxylic acids is 1. The summed E-state index contributed by atoms with van der Waals surface area (Å²) in [5, 5.41) is 10.9. The smallest absolute Gasteiger partial charge is 0.358 e. The molecule has 21 heavy (non-hydrogen) atoms. The predicted molar refractivity (Wildman–Crippen MR) is 74.2 cm³/mol. The summed E-state index contributed by atoms with van der Waals surface area (Å²) in [6.45, 7) is 0. The van der Waals surface area contributed by atoms with Gasteiger partial charge < -0.3 is 9.84 Å². The van der Waals surface area contributed by atoms with E-state index in [1.165, 1.54) is 28.0 Å². The minimum absolute atomic E-state index is 0.258. The van der Waals surface area contributed by atoms with E-state index in [9.17, 15) is 18.7 Å². The fourth-order valence-corrected chi connectivity index (χ4v) is 2.86. The lowest BCUT2D eigenvalue weighted by molar-refractivity contribution is 0.0686. The van der Waals surface area contributed by atoms with E-state index in [-0.39, 0.29) is 16.0 Å². The number of benzene rings is 1. The first-order valence-corrected chi connectivity index (χ1v) is 7.16. The van der Waals surface area contributed by atoms with Gasteiger partial charge in [-0.1, -0.05) is 15.9 Å². The van der Waals surface area contributed by atoms with Crippen molar-refractivity contribution in [1.82, 2.24) is 9.38 Å². The summed E-state index contributed by atoms with van der Waals surface area (Å²) >= 11 is 4.20. The van der Waals surface area contributed by atoms with Crippen LogP contribution in [-0.4, -0.2) is 20.5 Å². The van der Waals surface area contributed by atoms with Crippen molar-refractivity contribution in [2.75, 3.05) is 0 Å². The molecule has 0 amide bonds. The van der Waals surface area contributed by atoms with Crippen LogP contribution < -0.4 is 4.74 Å². The molecule has 0 atom stereocenters. The van der Waals surface area contributed by atoms with E-state index in [0.717, 1.165) is 6.07 Å². The first kappa shape index (κ1) is 14.0. The number of fused-ring (bicyclic) bond motifs is 1. The largest absolute Gasteiger partial charge is 0.476 e. The minimum atomic E-state index is -1.29. The highest BCUT2D eigenvalue weighted by atomic mass is 79.9. The molecule has 0 saturated heterocycles. The number of carbonyl (C=O) groups is 1. The molecule has 108 valence electrons. The number of rotatable bonds is 3. The molecule has 0 radical (unpaired) electrons. The van der Waals surface area contributed by atoms with Gasteiger partial charge in [-0.2, -0.15) is 9.37 Å². The average Bonchev–Trinajstić information content (AvgIpc) is 2.94. The Balaban J connectivity index is 2.12. The zero-order valence-electron chi connectivity index (χ0n) is 10.0. The fourth-order valence-electron chi connectivity index (χ4n) is 1.74. The van der Waals surface area contributed by atoms with Crippen molar-refractivity contribution in [3.8, 4) is 11.6 Å². The number of ether oxygens (including phenoxy) is 1. The average molecular weight is 375 g/mol. The Morgan fingerprint density at radius 1 is 1.43 bits per heavy atom. The maximum Gasteiger partial charge on any atom is 0.358 e. The highest BCUT2D eigenvalue weighted by Gasteiger charge is 2.23. The quantitative estimate of drug-likeness (QED) is 0.705. The van der Waals surface area contributed by atoms with E-state index in [0.29, 0.717) is 4.96 Å². The monoisotopic (exact) mass is 374 g/mol. The predicted octanol–water partition coefficient (Wildman–Crippen LogP) is 3.93. The van der Waals surface area contributed by atoms with Gasteiger partial charge in [-0.3, -0.25) is 4.40 Å². The van der Waals surface area contributed by atoms with Gasteiger partial charge in [0.15, 0.2) is 22.2 Å². The number of hydrogen-bond acceptors (Lipinski definition) is 4. The van der Waals surface area contributed by atoms with Crippen molar-refractivity contribution < 1.29 is 23.4 Å². The first-order chi connectivity index (χ1) is 9.97. The molecule has 1 aromatic carbocycles. The maximum absolute atomic E-state index is 13.7. The van der Waals surface area contributed by atoms with Gasteiger partial charge in [0, 0.05) is 16.0 Å². The number of halogens is 3. The molecule has 0 unspecified atom stereocenters. The lowest BCUT2D eigenvalue weighted by atomic mass is 10.3. The van der Waals surface area contributed by atoms with E-state index >= 15 is 0 Å². The van der Waals surface area contributed by atoms with Crippen molar-refractivity contribution >= 4 is 38.2 Å². The summed E-state index contributed by atoms with van der Waals surface area (Å²) in [7, 11) is 0. The molecule has 0 aliphatic rings. The van der Waals surface area contributed by atoms with Crippen LogP contribution in [0.1, 0.15) is 10.5 Å². The van der Waals surface area contributed by atoms with Crippen LogP contribution in [0.3, 0.4) is 0 Å². The van der Waals surface area contributed by atoms with Gasteiger partial charge in [0.25, 0.3) is 5.88 Å². The molecule has 2 heterocycles. The molecule has 3 rings (SSSR count). The van der Waals surface area contributed by atoms with Crippen molar-refractivity contribution in [2.45, 2.75) is 0 Å². The Kier molecular flexibility index (Phi) is 3.38. The third kappa shape index (κ3) is 2.38. The van der Waals surface area contributed by atoms with Crippen LogP contribution in [0.4, 0.5) is 8.78 Å². The van der Waals surface area contributed by atoms with Crippen LogP contribution in [0.5, 0.6) is 11.6 Å². The number of carboxylic acid groups (broad SMARTS) is 1. The van der Waals surface area contributed by atoms with Gasteiger partial charge >= 0.3 is 5.97 Å². The van der Waals surface area contributed by atoms with Gasteiger partial charge in [-0.15, -0.1) is 11.3 Å². The normalized spacial score (nSPS) is 11.0. The van der Waals surface area contributed by atoms with Crippen LogP contribution in [0.15, 0.2) is 28.2 Å². The summed E-state index contributed by atoms with van der Waals surface area (Å²) in [5.41, 5.74) is -0.258. The molecule has 3 aromatic rings. The lowest BCUT2D eigenvalue weighted by Crippen LogP contribution is -2.03. The minimum Gasteiger partial charge on any atom is -0.476 e. The molecule has 2 aromatic heterocycles. The van der Waals surface area contributed by atoms with E-state index in [2.05, 4.69) is 20.9 Å². The van der Waals surface area contributed by atoms with Crippen LogP contribution in [0.25, 0.3) is 4.96 Å². The summed E-state index contributed by atoms with van der Waals surface area (Å²) in [5.74, 6) is -4.36. The number of hydrogen-bond donors (Lipinski definition) is 1. The molecule has 5 nitrogen and oxygen atoms in total. The second-order valence-electron chi connectivity index (χ2n) is 3.93. The lowest BCUT2D eigenvalue weighted by Gasteiger charge is -2.06. The Hall–Kier alpha value is -2.00. The summed E-state index contributed by atoms with van der Waals surface area (Å²) in [6, 6.07) is 2.13. The fraction of sp³-hybridized carbons (Fsp3) is 0. The SMILES string of the molecule is O=C(O)c1c(Oc2cc(Br)cc(F)c2F)nc2sccn12. The highest BCUT2D eigenvalue weighted by molar-refractivity contribution is 9.10. The third-order valence-corrected chi connectivity index (χ3v) is 3.81. The molecular formula is C12H5BrF2N2O3S. The second-order valence-corrected chi connectivity index (χ2v) is 5.72. The van der Waals surface area contributed by atoms with E-state index in [4.69, 9.17) is 4.74 Å². The number of aromatic nitrogens is 2. The van der Waals surface area contributed by atoms with E-state index in [1.54, 1.807) is 5.38 Å². The zero-order chi connectivity index (χ0) is 15.1. The van der Waals surface area contributed by atoms with Gasteiger partial charge in [-0.05, 0) is 12.1 Å². The molecule has 0 aliphatic heterocycles. The number of imidazole rings is 1. The standard InChI is InChI=1S/C12H5BrF2N2O3S/c13-5-3-6(14)8(15)7(4-5)20-10-9(11(18)19)17-1-2-21-12(17)16-10/h1-4H,(H,18,19). The molecule has 0 spiro atoms. The number of thiazole rings is 1. The van der Waals surface area contributed by atoms with Crippen LogP contribution in [0, 0.1) is 11.6 Å². The van der Waals surface area contributed by atoms with Crippen LogP contribution >= 0.6 is 27.3 Å². The van der Waals surface area contributed by atoms with E-state index in [1.807, 2.05) is 0 Å². The van der Waals surface area contributed by atoms with Crippen molar-refractivity contribution in [3.05, 3.63) is 45.5 Å². The van der Waals surface area contributed by atoms with Crippen LogP contribution in [-0.2, 0) is 0 Å². The molecular weight excluding hydrogens is 370 g/mol. The molecule has 0 saturated carbocycles. The summed E-state index contributed by atoms with van der Waals surface area (Å²) < 4.78 is 33.7. The van der Waals surface area contributed by atoms with Gasteiger partial charge in [0.05, 0.1) is 0 Å². The first-order valence-electron chi connectivity index (χ1n) is 5.48. The van der Waals surface area contributed by atoms with Crippen molar-refractivity contribution in [3.63, 3.8) is 0 Å². The molecule has 0 aliphatic carbocycles.